The molecule has 6 heteroatoms. The van der Waals surface area contributed by atoms with E-state index in [1.165, 1.54) is 4.90 Å². The Hall–Kier alpha value is -1.53. The van der Waals surface area contributed by atoms with Gasteiger partial charge in [0, 0.05) is 16.6 Å². The third-order valence-corrected chi connectivity index (χ3v) is 4.87. The van der Waals surface area contributed by atoms with Gasteiger partial charge in [0.1, 0.15) is 12.4 Å². The number of thioether (sulfide) groups is 1. The highest BCUT2D eigenvalue weighted by atomic mass is 79.9. The second-order valence-electron chi connectivity index (χ2n) is 5.32. The highest BCUT2D eigenvalue weighted by molar-refractivity contribution is 9.10. The van der Waals surface area contributed by atoms with Gasteiger partial charge in [0.15, 0.2) is 0 Å². The molecule has 0 spiro atoms. The molecule has 1 aromatic rings. The van der Waals surface area contributed by atoms with Gasteiger partial charge in [-0.15, -0.1) is 0 Å². The number of halogens is 1. The lowest BCUT2D eigenvalue weighted by Gasteiger charge is -2.11. The Kier molecular flexibility index (Phi) is 7.12. The van der Waals surface area contributed by atoms with E-state index in [9.17, 15) is 9.59 Å². The van der Waals surface area contributed by atoms with Crippen molar-refractivity contribution in [3.63, 3.8) is 0 Å². The van der Waals surface area contributed by atoms with Crippen molar-refractivity contribution in [2.24, 2.45) is 0 Å². The summed E-state index contributed by atoms with van der Waals surface area (Å²) in [7, 11) is 0. The summed E-state index contributed by atoms with van der Waals surface area (Å²) in [4.78, 5) is 26.3. The SMILES string of the molecule is C=CCOc1ccc(Br)cc1/C=C1\SC(=O)N(CCCCC)C1=O. The standard InChI is InChI=1S/C18H20BrNO3S/c1-3-5-6-9-20-17(21)16(24-18(20)22)12-13-11-14(19)7-8-15(13)23-10-4-2/h4,7-8,11-12H,2-3,5-6,9-10H2,1H3/b16-12-. The number of rotatable bonds is 8. The lowest BCUT2D eigenvalue weighted by Crippen LogP contribution is -2.29. The lowest BCUT2D eigenvalue weighted by atomic mass is 10.2. The molecule has 1 aromatic carbocycles. The Bertz CT molecular complexity index is 672. The van der Waals surface area contributed by atoms with Crippen LogP contribution in [0.3, 0.4) is 0 Å². The van der Waals surface area contributed by atoms with Crippen molar-refractivity contribution in [3.8, 4) is 5.75 Å². The first-order valence-electron chi connectivity index (χ1n) is 7.85. The molecule has 0 N–H and O–H groups in total. The quantitative estimate of drug-likeness (QED) is 0.334. The first-order chi connectivity index (χ1) is 11.6. The van der Waals surface area contributed by atoms with Gasteiger partial charge in [-0.25, -0.2) is 0 Å². The van der Waals surface area contributed by atoms with Crippen LogP contribution in [0.2, 0.25) is 0 Å². The second-order valence-corrected chi connectivity index (χ2v) is 7.23. The largest absolute Gasteiger partial charge is 0.489 e. The summed E-state index contributed by atoms with van der Waals surface area (Å²) in [6.45, 7) is 6.58. The van der Waals surface area contributed by atoms with E-state index < -0.39 is 0 Å². The highest BCUT2D eigenvalue weighted by Crippen LogP contribution is 2.35. The molecule has 0 saturated carbocycles. The molecule has 0 aromatic heterocycles. The van der Waals surface area contributed by atoms with Gasteiger partial charge in [0.2, 0.25) is 0 Å². The van der Waals surface area contributed by atoms with Crippen LogP contribution in [0.15, 0.2) is 40.2 Å². The second kappa shape index (κ2) is 9.08. The Balaban J connectivity index is 2.22. The number of carbonyl (C=O) groups excluding carboxylic acids is 2. The predicted molar refractivity (Wildman–Crippen MR) is 102 cm³/mol. The average molecular weight is 410 g/mol. The zero-order chi connectivity index (χ0) is 17.5. The fourth-order valence-electron chi connectivity index (χ4n) is 2.27. The van der Waals surface area contributed by atoms with Gasteiger partial charge >= 0.3 is 0 Å². The van der Waals surface area contributed by atoms with E-state index in [1.807, 2.05) is 18.2 Å². The fourth-order valence-corrected chi connectivity index (χ4v) is 3.50. The number of imide groups is 1. The highest BCUT2D eigenvalue weighted by Gasteiger charge is 2.34. The molecule has 0 bridgehead atoms. The summed E-state index contributed by atoms with van der Waals surface area (Å²) >= 11 is 4.40. The van der Waals surface area contributed by atoms with Crippen molar-refractivity contribution < 1.29 is 14.3 Å². The first-order valence-corrected chi connectivity index (χ1v) is 9.46. The van der Waals surface area contributed by atoms with Crippen molar-refractivity contribution >= 4 is 44.9 Å². The van der Waals surface area contributed by atoms with E-state index in [1.54, 1.807) is 12.2 Å². The van der Waals surface area contributed by atoms with Crippen LogP contribution in [-0.4, -0.2) is 29.2 Å². The molecule has 1 aliphatic heterocycles. The predicted octanol–water partition coefficient (Wildman–Crippen LogP) is 5.24. The first kappa shape index (κ1) is 18.8. The maximum Gasteiger partial charge on any atom is 0.293 e. The molecular weight excluding hydrogens is 390 g/mol. The molecule has 2 amide bonds. The summed E-state index contributed by atoms with van der Waals surface area (Å²) in [6.07, 6.45) is 6.27. The molecular formula is C18H20BrNO3S. The van der Waals surface area contributed by atoms with Gasteiger partial charge in [-0.1, -0.05) is 48.4 Å². The third-order valence-electron chi connectivity index (χ3n) is 3.47. The van der Waals surface area contributed by atoms with Crippen LogP contribution >= 0.6 is 27.7 Å². The van der Waals surface area contributed by atoms with Crippen molar-refractivity contribution in [3.05, 3.63) is 45.8 Å². The zero-order valence-electron chi connectivity index (χ0n) is 13.6. The molecule has 1 heterocycles. The van der Waals surface area contributed by atoms with E-state index in [0.29, 0.717) is 23.8 Å². The minimum atomic E-state index is -0.226. The van der Waals surface area contributed by atoms with Crippen LogP contribution in [0.25, 0.3) is 6.08 Å². The summed E-state index contributed by atoms with van der Waals surface area (Å²) in [5.41, 5.74) is 0.755. The number of benzene rings is 1. The molecule has 0 atom stereocenters. The lowest BCUT2D eigenvalue weighted by molar-refractivity contribution is -0.122. The molecule has 24 heavy (non-hydrogen) atoms. The maximum absolute atomic E-state index is 12.5. The molecule has 2 rings (SSSR count). The smallest absolute Gasteiger partial charge is 0.293 e. The number of amides is 2. The Morgan fingerprint density at radius 1 is 1.33 bits per heavy atom. The number of unbranched alkanes of at least 4 members (excludes halogenated alkanes) is 2. The van der Waals surface area contributed by atoms with E-state index in [4.69, 9.17) is 4.74 Å². The average Bonchev–Trinajstić information content (AvgIpc) is 2.82. The van der Waals surface area contributed by atoms with Gasteiger partial charge < -0.3 is 4.74 Å². The van der Waals surface area contributed by atoms with E-state index in [-0.39, 0.29) is 11.1 Å². The summed E-state index contributed by atoms with van der Waals surface area (Å²) in [5.74, 6) is 0.423. The normalized spacial score (nSPS) is 16.1. The van der Waals surface area contributed by atoms with Crippen molar-refractivity contribution in [1.82, 2.24) is 4.90 Å². The van der Waals surface area contributed by atoms with Gasteiger partial charge in [-0.2, -0.15) is 0 Å². The van der Waals surface area contributed by atoms with Crippen molar-refractivity contribution in [2.75, 3.05) is 13.2 Å². The minimum absolute atomic E-state index is 0.203. The van der Waals surface area contributed by atoms with Crippen LogP contribution in [0.4, 0.5) is 4.79 Å². The molecule has 0 unspecified atom stereocenters. The number of ether oxygens (including phenoxy) is 1. The molecule has 0 aliphatic carbocycles. The van der Waals surface area contributed by atoms with Crippen LogP contribution in [0.5, 0.6) is 5.75 Å². The van der Waals surface area contributed by atoms with Gasteiger partial charge in [0.25, 0.3) is 11.1 Å². The van der Waals surface area contributed by atoms with Crippen LogP contribution in [0.1, 0.15) is 31.7 Å². The molecule has 4 nitrogen and oxygen atoms in total. The van der Waals surface area contributed by atoms with Crippen molar-refractivity contribution in [1.29, 1.82) is 0 Å². The number of carbonyl (C=O) groups is 2. The monoisotopic (exact) mass is 409 g/mol. The van der Waals surface area contributed by atoms with Crippen LogP contribution < -0.4 is 4.74 Å². The topological polar surface area (TPSA) is 46.6 Å². The Morgan fingerprint density at radius 3 is 2.83 bits per heavy atom. The summed E-state index contributed by atoms with van der Waals surface area (Å²) in [6, 6.07) is 5.56. The molecule has 1 fully saturated rings. The third kappa shape index (κ3) is 4.74. The Labute approximate surface area is 155 Å². The van der Waals surface area contributed by atoms with Crippen LogP contribution in [0, 0.1) is 0 Å². The summed E-state index contributed by atoms with van der Waals surface area (Å²) < 4.78 is 6.49. The minimum Gasteiger partial charge on any atom is -0.489 e. The Morgan fingerprint density at radius 2 is 2.12 bits per heavy atom. The molecule has 0 radical (unpaired) electrons. The number of hydrogen-bond donors (Lipinski definition) is 0. The summed E-state index contributed by atoms with van der Waals surface area (Å²) in [5, 5.41) is -0.203. The van der Waals surface area contributed by atoms with Crippen LogP contribution in [-0.2, 0) is 4.79 Å². The number of nitrogens with zero attached hydrogens (tertiary/aromatic N) is 1. The maximum atomic E-state index is 12.5. The fraction of sp³-hybridized carbons (Fsp3) is 0.333. The van der Waals surface area contributed by atoms with Gasteiger partial charge in [-0.05, 0) is 42.5 Å². The number of hydrogen-bond acceptors (Lipinski definition) is 4. The molecule has 1 saturated heterocycles. The van der Waals surface area contributed by atoms with Gasteiger partial charge in [-0.3, -0.25) is 14.5 Å². The van der Waals surface area contributed by atoms with E-state index in [0.717, 1.165) is 41.1 Å². The zero-order valence-corrected chi connectivity index (χ0v) is 16.0. The molecule has 1 aliphatic rings. The van der Waals surface area contributed by atoms with E-state index >= 15 is 0 Å². The van der Waals surface area contributed by atoms with E-state index in [2.05, 4.69) is 29.4 Å². The molecule has 128 valence electrons. The van der Waals surface area contributed by atoms with Gasteiger partial charge in [0.05, 0.1) is 4.91 Å². The van der Waals surface area contributed by atoms with Crippen molar-refractivity contribution in [2.45, 2.75) is 26.2 Å².